The number of hydrogen-bond acceptors (Lipinski definition) is 2. The third kappa shape index (κ3) is 3.85. The molecule has 0 heterocycles. The van der Waals surface area contributed by atoms with Crippen LogP contribution in [0.15, 0.2) is 18.2 Å². The molecule has 0 unspecified atom stereocenters. The molecular formula is C12H17Cl2NO. The van der Waals surface area contributed by atoms with Gasteiger partial charge in [-0.3, -0.25) is 0 Å². The molecule has 90 valence electrons. The van der Waals surface area contributed by atoms with Gasteiger partial charge in [-0.2, -0.15) is 0 Å². The quantitative estimate of drug-likeness (QED) is 0.820. The van der Waals surface area contributed by atoms with E-state index in [1.807, 2.05) is 18.2 Å². The largest absolute Gasteiger partial charge is 0.496 e. The van der Waals surface area contributed by atoms with Crippen LogP contribution in [0.25, 0.3) is 0 Å². The Bertz CT molecular complexity index is 353. The molecule has 0 aliphatic heterocycles. The lowest BCUT2D eigenvalue weighted by Crippen LogP contribution is -2.40. The van der Waals surface area contributed by atoms with Gasteiger partial charge in [-0.1, -0.05) is 11.6 Å². The van der Waals surface area contributed by atoms with Gasteiger partial charge >= 0.3 is 0 Å². The first kappa shape index (κ1) is 13.6. The lowest BCUT2D eigenvalue weighted by Gasteiger charge is -2.24. The van der Waals surface area contributed by atoms with Crippen LogP contribution in [0.5, 0.6) is 5.75 Å². The second kappa shape index (κ2) is 5.76. The van der Waals surface area contributed by atoms with Crippen LogP contribution >= 0.6 is 23.2 Å². The predicted molar refractivity (Wildman–Crippen MR) is 69.6 cm³/mol. The Morgan fingerprint density at radius 3 is 2.62 bits per heavy atom. The summed E-state index contributed by atoms with van der Waals surface area (Å²) < 4.78 is 5.27. The average molecular weight is 262 g/mol. The van der Waals surface area contributed by atoms with Gasteiger partial charge in [0, 0.05) is 28.5 Å². The Morgan fingerprint density at radius 2 is 2.06 bits per heavy atom. The summed E-state index contributed by atoms with van der Waals surface area (Å²) in [5, 5.41) is 4.07. The van der Waals surface area contributed by atoms with Crippen molar-refractivity contribution in [2.45, 2.75) is 25.9 Å². The van der Waals surface area contributed by atoms with Crippen molar-refractivity contribution in [1.82, 2.24) is 5.32 Å². The van der Waals surface area contributed by atoms with E-state index in [9.17, 15) is 0 Å². The number of halogens is 2. The maximum absolute atomic E-state index is 5.95. The van der Waals surface area contributed by atoms with Gasteiger partial charge in [0.05, 0.1) is 7.11 Å². The van der Waals surface area contributed by atoms with E-state index in [1.165, 1.54) is 0 Å². The van der Waals surface area contributed by atoms with Gasteiger partial charge in [-0.25, -0.2) is 0 Å². The Labute approximate surface area is 107 Å². The molecule has 4 heteroatoms. The fraction of sp³-hybridized carbons (Fsp3) is 0.500. The monoisotopic (exact) mass is 261 g/mol. The van der Waals surface area contributed by atoms with E-state index in [0.717, 1.165) is 11.3 Å². The molecule has 1 N–H and O–H groups in total. The molecule has 0 fully saturated rings. The molecule has 16 heavy (non-hydrogen) atoms. The number of alkyl halides is 1. The zero-order valence-electron chi connectivity index (χ0n) is 9.81. The smallest absolute Gasteiger partial charge is 0.123 e. The molecule has 1 rings (SSSR count). The fourth-order valence-corrected chi connectivity index (χ4v) is 1.56. The van der Waals surface area contributed by atoms with E-state index in [0.29, 0.717) is 17.4 Å². The molecule has 0 amide bonds. The topological polar surface area (TPSA) is 21.3 Å². The van der Waals surface area contributed by atoms with Crippen LogP contribution in [0.1, 0.15) is 19.4 Å². The van der Waals surface area contributed by atoms with Crippen molar-refractivity contribution in [3.63, 3.8) is 0 Å². The summed E-state index contributed by atoms with van der Waals surface area (Å²) in [4.78, 5) is 0. The van der Waals surface area contributed by atoms with Crippen molar-refractivity contribution >= 4 is 23.2 Å². The first-order chi connectivity index (χ1) is 7.48. The normalized spacial score (nSPS) is 11.6. The van der Waals surface area contributed by atoms with Gasteiger partial charge in [0.2, 0.25) is 0 Å². The molecular weight excluding hydrogens is 245 g/mol. The summed E-state index contributed by atoms with van der Waals surface area (Å²) in [6.07, 6.45) is 0. The van der Waals surface area contributed by atoms with Crippen LogP contribution < -0.4 is 10.1 Å². The van der Waals surface area contributed by atoms with Crippen LogP contribution in [0.4, 0.5) is 0 Å². The highest BCUT2D eigenvalue weighted by atomic mass is 35.5. The number of nitrogens with one attached hydrogen (secondary N) is 1. The fourth-order valence-electron chi connectivity index (χ4n) is 1.27. The van der Waals surface area contributed by atoms with Crippen molar-refractivity contribution in [3.05, 3.63) is 28.8 Å². The molecule has 0 aliphatic carbocycles. The number of ether oxygens (including phenoxy) is 1. The molecule has 0 aromatic heterocycles. The summed E-state index contributed by atoms with van der Waals surface area (Å²) in [6.45, 7) is 4.79. The first-order valence-electron chi connectivity index (χ1n) is 5.12. The molecule has 0 radical (unpaired) electrons. The molecule has 1 aromatic carbocycles. The van der Waals surface area contributed by atoms with Crippen molar-refractivity contribution in [2.75, 3.05) is 13.0 Å². The molecule has 1 aromatic rings. The number of benzene rings is 1. The molecule has 2 nitrogen and oxygen atoms in total. The highest BCUT2D eigenvalue weighted by Crippen LogP contribution is 2.23. The Hall–Kier alpha value is -0.440. The second-order valence-corrected chi connectivity index (χ2v) is 5.03. The Balaban J connectivity index is 2.76. The molecule has 0 bridgehead atoms. The van der Waals surface area contributed by atoms with Gasteiger partial charge in [-0.05, 0) is 32.0 Å². The van der Waals surface area contributed by atoms with Gasteiger partial charge in [0.1, 0.15) is 5.75 Å². The number of rotatable bonds is 5. The summed E-state index contributed by atoms with van der Waals surface area (Å²) in [5.41, 5.74) is 0.933. The molecule has 0 saturated heterocycles. The highest BCUT2D eigenvalue weighted by molar-refractivity contribution is 6.30. The van der Waals surface area contributed by atoms with Crippen molar-refractivity contribution in [1.29, 1.82) is 0 Å². The standard InChI is InChI=1S/C12H17Cl2NO/c1-12(2,8-13)15-7-9-6-10(14)4-5-11(9)16-3/h4-6,15H,7-8H2,1-3H3. The van der Waals surface area contributed by atoms with Gasteiger partial charge in [0.15, 0.2) is 0 Å². The van der Waals surface area contributed by atoms with E-state index < -0.39 is 0 Å². The van der Waals surface area contributed by atoms with E-state index in [4.69, 9.17) is 27.9 Å². The lowest BCUT2D eigenvalue weighted by atomic mass is 10.1. The van der Waals surface area contributed by atoms with E-state index in [2.05, 4.69) is 19.2 Å². The van der Waals surface area contributed by atoms with Crippen LogP contribution in [-0.2, 0) is 6.54 Å². The minimum absolute atomic E-state index is 0.102. The van der Waals surface area contributed by atoms with E-state index in [1.54, 1.807) is 7.11 Å². The minimum Gasteiger partial charge on any atom is -0.496 e. The summed E-state index contributed by atoms with van der Waals surface area (Å²) in [5.74, 6) is 1.39. The summed E-state index contributed by atoms with van der Waals surface area (Å²) >= 11 is 11.8. The van der Waals surface area contributed by atoms with Crippen LogP contribution in [0.3, 0.4) is 0 Å². The maximum atomic E-state index is 5.95. The zero-order valence-corrected chi connectivity index (χ0v) is 11.3. The van der Waals surface area contributed by atoms with E-state index >= 15 is 0 Å². The zero-order chi connectivity index (χ0) is 12.2. The van der Waals surface area contributed by atoms with Crippen LogP contribution in [-0.4, -0.2) is 18.5 Å². The van der Waals surface area contributed by atoms with Crippen molar-refractivity contribution in [3.8, 4) is 5.75 Å². The van der Waals surface area contributed by atoms with Crippen molar-refractivity contribution in [2.24, 2.45) is 0 Å². The minimum atomic E-state index is -0.102. The Kier molecular flexibility index (Phi) is 4.90. The van der Waals surface area contributed by atoms with Crippen molar-refractivity contribution < 1.29 is 4.74 Å². The lowest BCUT2D eigenvalue weighted by molar-refractivity contribution is 0.393. The molecule has 0 atom stereocenters. The average Bonchev–Trinajstić information content (AvgIpc) is 2.27. The van der Waals surface area contributed by atoms with Gasteiger partial charge < -0.3 is 10.1 Å². The molecule has 0 saturated carbocycles. The second-order valence-electron chi connectivity index (χ2n) is 4.33. The third-order valence-electron chi connectivity index (χ3n) is 2.33. The maximum Gasteiger partial charge on any atom is 0.123 e. The van der Waals surface area contributed by atoms with Crippen LogP contribution in [0.2, 0.25) is 5.02 Å². The van der Waals surface area contributed by atoms with Crippen LogP contribution in [0, 0.1) is 0 Å². The van der Waals surface area contributed by atoms with Gasteiger partial charge in [0.25, 0.3) is 0 Å². The number of hydrogen-bond donors (Lipinski definition) is 1. The first-order valence-corrected chi connectivity index (χ1v) is 6.03. The predicted octanol–water partition coefficient (Wildman–Crippen LogP) is 3.46. The molecule has 0 aliphatic rings. The highest BCUT2D eigenvalue weighted by Gasteiger charge is 2.16. The number of methoxy groups -OCH3 is 1. The molecule has 0 spiro atoms. The summed E-state index contributed by atoms with van der Waals surface area (Å²) in [6, 6.07) is 5.58. The SMILES string of the molecule is COc1ccc(Cl)cc1CNC(C)(C)CCl. The Morgan fingerprint density at radius 1 is 1.38 bits per heavy atom. The van der Waals surface area contributed by atoms with E-state index in [-0.39, 0.29) is 5.54 Å². The summed E-state index contributed by atoms with van der Waals surface area (Å²) in [7, 11) is 1.65. The third-order valence-corrected chi connectivity index (χ3v) is 3.24. The van der Waals surface area contributed by atoms with Gasteiger partial charge in [-0.15, -0.1) is 11.6 Å².